The van der Waals surface area contributed by atoms with E-state index in [9.17, 15) is 9.90 Å². The van der Waals surface area contributed by atoms with E-state index in [1.807, 2.05) is 36.4 Å². The largest absolute Gasteiger partial charge is 0.394 e. The van der Waals surface area contributed by atoms with Gasteiger partial charge in [-0.2, -0.15) is 0 Å². The lowest BCUT2D eigenvalue weighted by Gasteiger charge is -2.49. The first-order chi connectivity index (χ1) is 13.6. The predicted octanol–water partition coefficient (Wildman–Crippen LogP) is 3.20. The molecule has 5 nitrogen and oxygen atoms in total. The number of benzene rings is 2. The average Bonchev–Trinajstić information content (AvgIpc) is 2.74. The second-order valence-electron chi connectivity index (χ2n) is 7.31. The Kier molecular flexibility index (Phi) is 5.53. The molecule has 0 aliphatic carbocycles. The molecule has 6 heteroatoms. The Morgan fingerprint density at radius 1 is 1.21 bits per heavy atom. The number of carbonyl (C=O) groups excluding carboxylic acids is 1. The van der Waals surface area contributed by atoms with Crippen LogP contribution in [0.4, 0.5) is 0 Å². The highest BCUT2D eigenvalue weighted by Gasteiger charge is 2.51. The van der Waals surface area contributed by atoms with Crippen molar-refractivity contribution in [1.82, 2.24) is 5.32 Å². The van der Waals surface area contributed by atoms with Crippen LogP contribution in [-0.2, 0) is 10.3 Å². The number of aliphatic imine (C=N–C) groups is 1. The molecule has 0 spiro atoms. The molecular weight excluding hydrogens is 372 g/mol. The van der Waals surface area contributed by atoms with Gasteiger partial charge in [-0.05, 0) is 24.1 Å². The molecule has 4 rings (SSSR count). The van der Waals surface area contributed by atoms with E-state index in [2.05, 4.69) is 24.4 Å². The fraction of sp³-hybridized carbons (Fsp3) is 0.364. The first kappa shape index (κ1) is 19.2. The third-order valence-electron chi connectivity index (χ3n) is 5.57. The number of hydrogen-bond acceptors (Lipinski definition) is 5. The molecule has 4 atom stereocenters. The van der Waals surface area contributed by atoms with Gasteiger partial charge in [-0.15, -0.1) is 0 Å². The highest BCUT2D eigenvalue weighted by molar-refractivity contribution is 8.14. The molecule has 2 aromatic rings. The number of aliphatic hydroxyl groups is 1. The molecule has 0 saturated carbocycles. The Hall–Kier alpha value is -2.15. The standard InChI is InChI=1S/C22H24N2O3S/c1-15-19-12-18(13-25)27-14-22(19,17-10-6-3-7-11-17)24-21(28-15)23-20(26)16-8-4-2-5-9-16/h2-11,15,18-19,25H,12-14H2,1H3,(H,23,24,26)/t15-,18-,19-,22-/m1/s1. The summed E-state index contributed by atoms with van der Waals surface area (Å²) < 4.78 is 5.96. The van der Waals surface area contributed by atoms with Gasteiger partial charge in [0.15, 0.2) is 5.17 Å². The molecule has 0 unspecified atom stereocenters. The summed E-state index contributed by atoms with van der Waals surface area (Å²) in [6.07, 6.45) is 0.573. The van der Waals surface area contributed by atoms with Crippen molar-refractivity contribution in [2.45, 2.75) is 30.2 Å². The van der Waals surface area contributed by atoms with Crippen LogP contribution in [0.2, 0.25) is 0 Å². The van der Waals surface area contributed by atoms with Crippen LogP contribution in [0.25, 0.3) is 0 Å². The van der Waals surface area contributed by atoms with Gasteiger partial charge >= 0.3 is 0 Å². The van der Waals surface area contributed by atoms with Crippen molar-refractivity contribution in [2.24, 2.45) is 10.9 Å². The van der Waals surface area contributed by atoms with Gasteiger partial charge in [0.25, 0.3) is 5.91 Å². The summed E-state index contributed by atoms with van der Waals surface area (Å²) >= 11 is 1.58. The van der Waals surface area contributed by atoms with E-state index < -0.39 is 5.54 Å². The highest BCUT2D eigenvalue weighted by Crippen LogP contribution is 2.49. The maximum Gasteiger partial charge on any atom is 0.257 e. The molecule has 1 fully saturated rings. The molecule has 28 heavy (non-hydrogen) atoms. The van der Waals surface area contributed by atoms with Crippen LogP contribution in [0.1, 0.15) is 29.3 Å². The SMILES string of the molecule is C[C@H]1SC(NC(=O)c2ccccc2)=N[C@@]2(c3ccccc3)CO[C@@H](CO)C[C@H]12. The smallest absolute Gasteiger partial charge is 0.257 e. The lowest BCUT2D eigenvalue weighted by molar-refractivity contribution is -0.0810. The summed E-state index contributed by atoms with van der Waals surface area (Å²) in [6, 6.07) is 19.3. The molecule has 2 aliphatic rings. The van der Waals surface area contributed by atoms with Gasteiger partial charge in [-0.1, -0.05) is 67.2 Å². The molecule has 2 aliphatic heterocycles. The van der Waals surface area contributed by atoms with E-state index in [0.717, 1.165) is 12.0 Å². The molecule has 1 amide bonds. The minimum absolute atomic E-state index is 0.0140. The van der Waals surface area contributed by atoms with Crippen molar-refractivity contribution >= 4 is 22.8 Å². The topological polar surface area (TPSA) is 70.9 Å². The number of ether oxygens (including phenoxy) is 1. The number of amides is 1. The minimum Gasteiger partial charge on any atom is -0.394 e. The molecule has 0 bridgehead atoms. The number of nitrogens with zero attached hydrogens (tertiary/aromatic N) is 1. The van der Waals surface area contributed by atoms with E-state index in [-0.39, 0.29) is 29.8 Å². The van der Waals surface area contributed by atoms with E-state index in [0.29, 0.717) is 17.3 Å². The second-order valence-corrected chi connectivity index (χ2v) is 8.67. The van der Waals surface area contributed by atoms with Gasteiger partial charge in [0.05, 0.1) is 19.3 Å². The van der Waals surface area contributed by atoms with Crippen molar-refractivity contribution in [3.05, 3.63) is 71.8 Å². The van der Waals surface area contributed by atoms with Crippen LogP contribution in [0.5, 0.6) is 0 Å². The number of aliphatic hydroxyl groups excluding tert-OH is 1. The molecule has 146 valence electrons. The fourth-order valence-electron chi connectivity index (χ4n) is 4.09. The minimum atomic E-state index is -0.559. The second kappa shape index (κ2) is 8.07. The Morgan fingerprint density at radius 3 is 2.57 bits per heavy atom. The van der Waals surface area contributed by atoms with E-state index >= 15 is 0 Å². The van der Waals surface area contributed by atoms with Gasteiger partial charge in [0.2, 0.25) is 0 Å². The Balaban J connectivity index is 1.69. The molecule has 2 N–H and O–H groups in total. The summed E-state index contributed by atoms with van der Waals surface area (Å²) in [5.41, 5.74) is 1.13. The number of carbonyl (C=O) groups is 1. The zero-order valence-corrected chi connectivity index (χ0v) is 16.6. The van der Waals surface area contributed by atoms with Gasteiger partial charge in [0, 0.05) is 16.7 Å². The van der Waals surface area contributed by atoms with Crippen molar-refractivity contribution < 1.29 is 14.6 Å². The van der Waals surface area contributed by atoms with Crippen molar-refractivity contribution in [3.8, 4) is 0 Å². The van der Waals surface area contributed by atoms with Crippen LogP contribution in [-0.4, -0.2) is 40.7 Å². The lowest BCUT2D eigenvalue weighted by atomic mass is 9.73. The first-order valence-electron chi connectivity index (χ1n) is 9.53. The number of nitrogens with one attached hydrogen (secondary N) is 1. The van der Waals surface area contributed by atoms with Gasteiger partial charge in [-0.3, -0.25) is 4.79 Å². The van der Waals surface area contributed by atoms with Crippen LogP contribution < -0.4 is 5.32 Å². The maximum atomic E-state index is 12.6. The lowest BCUT2D eigenvalue weighted by Crippen LogP contribution is -2.53. The van der Waals surface area contributed by atoms with Crippen LogP contribution >= 0.6 is 11.8 Å². The summed E-state index contributed by atoms with van der Waals surface area (Å²) in [7, 11) is 0. The maximum absolute atomic E-state index is 12.6. The van der Waals surface area contributed by atoms with Crippen LogP contribution in [0.3, 0.4) is 0 Å². The Bertz CT molecular complexity index is 859. The quantitative estimate of drug-likeness (QED) is 0.836. The third-order valence-corrected chi connectivity index (χ3v) is 6.69. The summed E-state index contributed by atoms with van der Waals surface area (Å²) in [4.78, 5) is 17.7. The molecule has 0 aromatic heterocycles. The number of rotatable bonds is 3. The average molecular weight is 397 g/mol. The number of thioether (sulfide) groups is 1. The van der Waals surface area contributed by atoms with Crippen molar-refractivity contribution in [1.29, 1.82) is 0 Å². The Labute approximate surface area is 169 Å². The normalized spacial score (nSPS) is 29.5. The molecule has 2 heterocycles. The van der Waals surface area contributed by atoms with Crippen molar-refractivity contribution in [3.63, 3.8) is 0 Å². The van der Waals surface area contributed by atoms with E-state index in [4.69, 9.17) is 9.73 Å². The van der Waals surface area contributed by atoms with Gasteiger partial charge in [-0.25, -0.2) is 4.99 Å². The molecule has 0 radical (unpaired) electrons. The molecule has 1 saturated heterocycles. The summed E-state index contributed by atoms with van der Waals surface area (Å²) in [5.74, 6) is 0.0499. The zero-order valence-electron chi connectivity index (χ0n) is 15.7. The predicted molar refractivity (Wildman–Crippen MR) is 111 cm³/mol. The van der Waals surface area contributed by atoms with Gasteiger partial charge < -0.3 is 15.2 Å². The van der Waals surface area contributed by atoms with Crippen LogP contribution in [0.15, 0.2) is 65.7 Å². The summed E-state index contributed by atoms with van der Waals surface area (Å²) in [5, 5.41) is 13.4. The zero-order chi connectivity index (χ0) is 19.6. The Morgan fingerprint density at radius 2 is 1.89 bits per heavy atom. The molecular formula is C22H24N2O3S. The fourth-order valence-corrected chi connectivity index (χ4v) is 5.31. The molecule has 2 aromatic carbocycles. The first-order valence-corrected chi connectivity index (χ1v) is 10.4. The number of fused-ring (bicyclic) bond motifs is 1. The van der Waals surface area contributed by atoms with Crippen LogP contribution in [0, 0.1) is 5.92 Å². The highest BCUT2D eigenvalue weighted by atomic mass is 32.2. The van der Waals surface area contributed by atoms with E-state index in [1.54, 1.807) is 23.9 Å². The number of amidine groups is 1. The van der Waals surface area contributed by atoms with Crippen molar-refractivity contribution in [2.75, 3.05) is 13.2 Å². The summed E-state index contributed by atoms with van der Waals surface area (Å²) in [6.45, 7) is 2.57. The monoisotopic (exact) mass is 396 g/mol. The third kappa shape index (κ3) is 3.60. The van der Waals surface area contributed by atoms with Gasteiger partial charge in [0.1, 0.15) is 5.54 Å². The number of hydrogen-bond donors (Lipinski definition) is 2. The van der Waals surface area contributed by atoms with E-state index in [1.165, 1.54) is 0 Å².